The summed E-state index contributed by atoms with van der Waals surface area (Å²) in [7, 11) is 1.53. The fourth-order valence-corrected chi connectivity index (χ4v) is 1.89. The third-order valence-electron chi connectivity index (χ3n) is 2.89. The Morgan fingerprint density at radius 3 is 2.45 bits per heavy atom. The average Bonchev–Trinajstić information content (AvgIpc) is 2.53. The molecular formula is C16H14N2O2. The minimum absolute atomic E-state index is 0.289. The molecule has 0 aliphatic rings. The van der Waals surface area contributed by atoms with E-state index in [1.807, 2.05) is 12.1 Å². The molecule has 0 heterocycles. The first-order valence-electron chi connectivity index (χ1n) is 6.14. The highest BCUT2D eigenvalue weighted by atomic mass is 16.5. The summed E-state index contributed by atoms with van der Waals surface area (Å²) >= 11 is 0. The molecule has 0 aromatic heterocycles. The van der Waals surface area contributed by atoms with Crippen molar-refractivity contribution in [3.8, 4) is 11.8 Å². The average molecular weight is 266 g/mol. The van der Waals surface area contributed by atoms with Crippen molar-refractivity contribution in [3.05, 3.63) is 65.7 Å². The molecule has 2 aromatic carbocycles. The van der Waals surface area contributed by atoms with E-state index in [-0.39, 0.29) is 5.91 Å². The molecule has 0 fully saturated rings. The smallest absolute Gasteiger partial charge is 0.252 e. The Balaban J connectivity index is 2.22. The van der Waals surface area contributed by atoms with Gasteiger partial charge in [-0.2, -0.15) is 5.26 Å². The van der Waals surface area contributed by atoms with Crippen LogP contribution in [-0.2, 0) is 0 Å². The Morgan fingerprint density at radius 2 is 1.80 bits per heavy atom. The zero-order chi connectivity index (χ0) is 14.4. The number of nitriles is 1. The molecule has 4 heteroatoms. The third-order valence-corrected chi connectivity index (χ3v) is 2.89. The number of hydrogen-bond donors (Lipinski definition) is 1. The molecule has 0 radical (unpaired) electrons. The molecule has 0 bridgehead atoms. The molecule has 4 nitrogen and oxygen atoms in total. The lowest BCUT2D eigenvalue weighted by Gasteiger charge is -2.15. The van der Waals surface area contributed by atoms with Gasteiger partial charge < -0.3 is 10.1 Å². The number of carbonyl (C=O) groups excluding carboxylic acids is 1. The van der Waals surface area contributed by atoms with Crippen LogP contribution >= 0.6 is 0 Å². The predicted octanol–water partition coefficient (Wildman–Crippen LogP) is 2.69. The van der Waals surface area contributed by atoms with Gasteiger partial charge in [-0.1, -0.05) is 36.4 Å². The summed E-state index contributed by atoms with van der Waals surface area (Å²) in [6.07, 6.45) is 0. The zero-order valence-electron chi connectivity index (χ0n) is 11.0. The summed E-state index contributed by atoms with van der Waals surface area (Å²) in [4.78, 5) is 12.1. The molecule has 20 heavy (non-hydrogen) atoms. The first kappa shape index (κ1) is 13.6. The van der Waals surface area contributed by atoms with Crippen LogP contribution < -0.4 is 10.1 Å². The Morgan fingerprint density at radius 1 is 1.15 bits per heavy atom. The Hall–Kier alpha value is -2.80. The maximum atomic E-state index is 12.1. The van der Waals surface area contributed by atoms with Gasteiger partial charge in [0, 0.05) is 11.1 Å². The molecule has 2 rings (SSSR count). The summed E-state index contributed by atoms with van der Waals surface area (Å²) in [5.74, 6) is 0.287. The van der Waals surface area contributed by atoms with Crippen molar-refractivity contribution in [2.24, 2.45) is 0 Å². The number of para-hydroxylation sites is 1. The van der Waals surface area contributed by atoms with Crippen LogP contribution in [0.5, 0.6) is 5.75 Å². The second-order valence-corrected chi connectivity index (χ2v) is 4.14. The number of hydrogen-bond acceptors (Lipinski definition) is 3. The molecule has 1 unspecified atom stereocenters. The zero-order valence-corrected chi connectivity index (χ0v) is 11.0. The number of methoxy groups -OCH3 is 1. The lowest BCUT2D eigenvalue weighted by molar-refractivity contribution is 0.0945. The summed E-state index contributed by atoms with van der Waals surface area (Å²) in [5, 5.41) is 12.0. The number of nitrogens with zero attached hydrogens (tertiary/aromatic N) is 1. The molecule has 1 amide bonds. The highest BCUT2D eigenvalue weighted by molar-refractivity contribution is 5.94. The third kappa shape index (κ3) is 2.96. The minimum Gasteiger partial charge on any atom is -0.496 e. The van der Waals surface area contributed by atoms with Crippen LogP contribution in [0.25, 0.3) is 0 Å². The summed E-state index contributed by atoms with van der Waals surface area (Å²) in [6, 6.07) is 17.3. The topological polar surface area (TPSA) is 62.1 Å². The number of nitrogens with one attached hydrogen (secondary N) is 1. The second-order valence-electron chi connectivity index (χ2n) is 4.14. The Bertz CT molecular complexity index is 632. The fourth-order valence-electron chi connectivity index (χ4n) is 1.89. The van der Waals surface area contributed by atoms with Crippen molar-refractivity contribution in [1.29, 1.82) is 5.26 Å². The number of amides is 1. The van der Waals surface area contributed by atoms with Crippen LogP contribution in [0.3, 0.4) is 0 Å². The van der Waals surface area contributed by atoms with Gasteiger partial charge >= 0.3 is 0 Å². The summed E-state index contributed by atoms with van der Waals surface area (Å²) in [5.41, 5.74) is 1.16. The van der Waals surface area contributed by atoms with E-state index in [4.69, 9.17) is 4.74 Å². The quantitative estimate of drug-likeness (QED) is 0.925. The fraction of sp³-hybridized carbons (Fsp3) is 0.125. The number of ether oxygens (including phenoxy) is 1. The molecule has 2 aromatic rings. The highest BCUT2D eigenvalue weighted by Gasteiger charge is 2.18. The van der Waals surface area contributed by atoms with Gasteiger partial charge in [0.2, 0.25) is 0 Å². The molecule has 0 saturated heterocycles. The van der Waals surface area contributed by atoms with Gasteiger partial charge in [0.25, 0.3) is 5.91 Å². The Kier molecular flexibility index (Phi) is 4.35. The summed E-state index contributed by atoms with van der Waals surface area (Å²) < 4.78 is 5.21. The standard InChI is InChI=1S/C16H14N2O2/c1-20-15-10-6-5-9-13(15)14(11-17)18-16(19)12-7-3-2-4-8-12/h2-10,14H,1H3,(H,18,19). The van der Waals surface area contributed by atoms with Gasteiger partial charge in [-0.25, -0.2) is 0 Å². The van der Waals surface area contributed by atoms with Gasteiger partial charge in [-0.05, 0) is 18.2 Å². The first-order chi connectivity index (χ1) is 9.76. The van der Waals surface area contributed by atoms with Gasteiger partial charge in [-0.15, -0.1) is 0 Å². The lowest BCUT2D eigenvalue weighted by atomic mass is 10.1. The molecule has 1 atom stereocenters. The van der Waals surface area contributed by atoms with Gasteiger partial charge in [-0.3, -0.25) is 4.79 Å². The van der Waals surface area contributed by atoms with Gasteiger partial charge in [0.05, 0.1) is 13.2 Å². The van der Waals surface area contributed by atoms with E-state index in [2.05, 4.69) is 11.4 Å². The van der Waals surface area contributed by atoms with E-state index in [1.165, 1.54) is 7.11 Å². The van der Waals surface area contributed by atoms with Crippen LogP contribution in [0, 0.1) is 11.3 Å². The molecule has 0 aliphatic heterocycles. The highest BCUT2D eigenvalue weighted by Crippen LogP contribution is 2.24. The number of carbonyl (C=O) groups is 1. The van der Waals surface area contributed by atoms with Crippen molar-refractivity contribution < 1.29 is 9.53 Å². The molecular weight excluding hydrogens is 252 g/mol. The maximum absolute atomic E-state index is 12.1. The maximum Gasteiger partial charge on any atom is 0.252 e. The van der Waals surface area contributed by atoms with E-state index in [0.29, 0.717) is 16.9 Å². The molecule has 0 aliphatic carbocycles. The van der Waals surface area contributed by atoms with Crippen LogP contribution in [0.2, 0.25) is 0 Å². The van der Waals surface area contributed by atoms with Gasteiger partial charge in [0.15, 0.2) is 0 Å². The van der Waals surface area contributed by atoms with Crippen LogP contribution in [0.15, 0.2) is 54.6 Å². The van der Waals surface area contributed by atoms with Crippen LogP contribution in [0.4, 0.5) is 0 Å². The van der Waals surface area contributed by atoms with E-state index in [0.717, 1.165) is 0 Å². The van der Waals surface area contributed by atoms with Crippen LogP contribution in [-0.4, -0.2) is 13.0 Å². The van der Waals surface area contributed by atoms with Crippen LogP contribution in [0.1, 0.15) is 22.0 Å². The second kappa shape index (κ2) is 6.39. The largest absolute Gasteiger partial charge is 0.496 e. The molecule has 0 spiro atoms. The van der Waals surface area contributed by atoms with Crippen molar-refractivity contribution in [2.75, 3.05) is 7.11 Å². The van der Waals surface area contributed by atoms with Crippen molar-refractivity contribution >= 4 is 5.91 Å². The SMILES string of the molecule is COc1ccccc1C(C#N)NC(=O)c1ccccc1. The first-order valence-corrected chi connectivity index (χ1v) is 6.14. The van der Waals surface area contributed by atoms with E-state index < -0.39 is 6.04 Å². The molecule has 0 saturated carbocycles. The predicted molar refractivity (Wildman–Crippen MR) is 75.3 cm³/mol. The van der Waals surface area contributed by atoms with E-state index >= 15 is 0 Å². The van der Waals surface area contributed by atoms with E-state index in [1.54, 1.807) is 42.5 Å². The Labute approximate surface area is 117 Å². The number of benzene rings is 2. The minimum atomic E-state index is -0.751. The van der Waals surface area contributed by atoms with Crippen molar-refractivity contribution in [2.45, 2.75) is 6.04 Å². The lowest BCUT2D eigenvalue weighted by Crippen LogP contribution is -2.27. The van der Waals surface area contributed by atoms with Crippen molar-refractivity contribution in [3.63, 3.8) is 0 Å². The molecule has 1 N–H and O–H groups in total. The number of rotatable bonds is 4. The van der Waals surface area contributed by atoms with Crippen molar-refractivity contribution in [1.82, 2.24) is 5.32 Å². The summed E-state index contributed by atoms with van der Waals surface area (Å²) in [6.45, 7) is 0. The normalized spacial score (nSPS) is 11.2. The van der Waals surface area contributed by atoms with Gasteiger partial charge in [0.1, 0.15) is 11.8 Å². The van der Waals surface area contributed by atoms with E-state index in [9.17, 15) is 10.1 Å². The monoisotopic (exact) mass is 266 g/mol. The molecule has 100 valence electrons.